The highest BCUT2D eigenvalue weighted by molar-refractivity contribution is 5.61. The summed E-state index contributed by atoms with van der Waals surface area (Å²) >= 11 is 0. The standard InChI is InChI=1S/C12H15F3N6/c1-5-8(12(13,14)15)10(16)19-11(17-5)18-9-6(2)20-21(4)7(9)3/h1-4H3,(H3,16,17,18,19). The van der Waals surface area contributed by atoms with E-state index in [-0.39, 0.29) is 11.6 Å². The van der Waals surface area contributed by atoms with Crippen LogP contribution in [0.2, 0.25) is 0 Å². The van der Waals surface area contributed by atoms with Crippen molar-refractivity contribution in [3.8, 4) is 0 Å². The maximum absolute atomic E-state index is 12.8. The number of alkyl halides is 3. The normalized spacial score (nSPS) is 11.8. The van der Waals surface area contributed by atoms with Crippen molar-refractivity contribution in [2.24, 2.45) is 7.05 Å². The minimum Gasteiger partial charge on any atom is -0.383 e. The molecule has 6 nitrogen and oxygen atoms in total. The topological polar surface area (TPSA) is 81.7 Å². The van der Waals surface area contributed by atoms with Crippen molar-refractivity contribution in [2.75, 3.05) is 11.1 Å². The van der Waals surface area contributed by atoms with Gasteiger partial charge >= 0.3 is 6.18 Å². The summed E-state index contributed by atoms with van der Waals surface area (Å²) in [5.41, 5.74) is 6.33. The van der Waals surface area contributed by atoms with Crippen LogP contribution in [-0.2, 0) is 13.2 Å². The number of hydrogen-bond donors (Lipinski definition) is 2. The van der Waals surface area contributed by atoms with Gasteiger partial charge in [-0.15, -0.1) is 0 Å². The Morgan fingerprint density at radius 1 is 1.10 bits per heavy atom. The molecule has 0 amide bonds. The summed E-state index contributed by atoms with van der Waals surface area (Å²) in [4.78, 5) is 7.51. The van der Waals surface area contributed by atoms with Crippen molar-refractivity contribution >= 4 is 17.5 Å². The molecule has 0 bridgehead atoms. The number of aromatic nitrogens is 4. The number of halogens is 3. The fourth-order valence-corrected chi connectivity index (χ4v) is 2.07. The van der Waals surface area contributed by atoms with E-state index >= 15 is 0 Å². The lowest BCUT2D eigenvalue weighted by Crippen LogP contribution is -2.15. The van der Waals surface area contributed by atoms with Gasteiger partial charge in [0.2, 0.25) is 5.95 Å². The Kier molecular flexibility index (Phi) is 3.52. The van der Waals surface area contributed by atoms with Gasteiger partial charge in [-0.25, -0.2) is 4.98 Å². The summed E-state index contributed by atoms with van der Waals surface area (Å²) in [6.45, 7) is 4.84. The Morgan fingerprint density at radius 2 is 1.71 bits per heavy atom. The fourth-order valence-electron chi connectivity index (χ4n) is 2.07. The Balaban J connectivity index is 2.43. The second-order valence-electron chi connectivity index (χ2n) is 4.69. The van der Waals surface area contributed by atoms with Crippen LogP contribution < -0.4 is 11.1 Å². The van der Waals surface area contributed by atoms with Crippen LogP contribution in [0.15, 0.2) is 0 Å². The molecule has 21 heavy (non-hydrogen) atoms. The zero-order valence-corrected chi connectivity index (χ0v) is 12.0. The van der Waals surface area contributed by atoms with E-state index < -0.39 is 17.6 Å². The fraction of sp³-hybridized carbons (Fsp3) is 0.417. The first-order chi connectivity index (χ1) is 9.61. The SMILES string of the molecule is Cc1nn(C)c(C)c1Nc1nc(C)c(C(F)(F)F)c(N)n1. The van der Waals surface area contributed by atoms with Crippen molar-refractivity contribution < 1.29 is 13.2 Å². The summed E-state index contributed by atoms with van der Waals surface area (Å²) in [5.74, 6) is -0.589. The van der Waals surface area contributed by atoms with E-state index in [4.69, 9.17) is 5.73 Å². The van der Waals surface area contributed by atoms with Crippen molar-refractivity contribution in [3.63, 3.8) is 0 Å². The second-order valence-corrected chi connectivity index (χ2v) is 4.69. The smallest absolute Gasteiger partial charge is 0.383 e. The number of anilines is 3. The maximum atomic E-state index is 12.8. The Hall–Kier alpha value is -2.32. The Labute approximate surface area is 119 Å². The molecule has 0 aliphatic heterocycles. The zero-order chi connectivity index (χ0) is 15.9. The van der Waals surface area contributed by atoms with Crippen LogP contribution >= 0.6 is 0 Å². The summed E-state index contributed by atoms with van der Waals surface area (Å²) in [6, 6.07) is 0. The second kappa shape index (κ2) is 4.90. The van der Waals surface area contributed by atoms with E-state index in [2.05, 4.69) is 20.4 Å². The van der Waals surface area contributed by atoms with Crippen LogP contribution in [-0.4, -0.2) is 19.7 Å². The van der Waals surface area contributed by atoms with Gasteiger partial charge in [0.1, 0.15) is 11.4 Å². The lowest BCUT2D eigenvalue weighted by atomic mass is 10.2. The van der Waals surface area contributed by atoms with E-state index in [1.165, 1.54) is 6.92 Å². The monoisotopic (exact) mass is 300 g/mol. The van der Waals surface area contributed by atoms with Crippen molar-refractivity contribution in [3.05, 3.63) is 22.6 Å². The van der Waals surface area contributed by atoms with Gasteiger partial charge in [-0.3, -0.25) is 4.68 Å². The van der Waals surface area contributed by atoms with E-state index in [9.17, 15) is 13.2 Å². The number of nitrogens with zero attached hydrogens (tertiary/aromatic N) is 4. The first-order valence-electron chi connectivity index (χ1n) is 6.09. The minimum absolute atomic E-state index is 0.0113. The van der Waals surface area contributed by atoms with Crippen LogP contribution in [0.25, 0.3) is 0 Å². The molecule has 3 N–H and O–H groups in total. The van der Waals surface area contributed by atoms with Crippen LogP contribution in [0.4, 0.5) is 30.6 Å². The first-order valence-corrected chi connectivity index (χ1v) is 6.09. The third-order valence-corrected chi connectivity index (χ3v) is 3.15. The summed E-state index contributed by atoms with van der Waals surface area (Å²) < 4.78 is 40.1. The molecule has 0 unspecified atom stereocenters. The van der Waals surface area contributed by atoms with Gasteiger partial charge in [-0.05, 0) is 20.8 Å². The lowest BCUT2D eigenvalue weighted by molar-refractivity contribution is -0.137. The largest absolute Gasteiger partial charge is 0.421 e. The average molecular weight is 300 g/mol. The Morgan fingerprint density at radius 3 is 2.14 bits per heavy atom. The van der Waals surface area contributed by atoms with Crippen LogP contribution in [0, 0.1) is 20.8 Å². The molecular formula is C12H15F3N6. The average Bonchev–Trinajstić information content (AvgIpc) is 2.53. The third-order valence-electron chi connectivity index (χ3n) is 3.15. The van der Waals surface area contributed by atoms with Gasteiger partial charge < -0.3 is 11.1 Å². The molecule has 2 heterocycles. The molecule has 2 aromatic rings. The number of hydrogen-bond acceptors (Lipinski definition) is 5. The van der Waals surface area contributed by atoms with Gasteiger partial charge in [-0.1, -0.05) is 0 Å². The molecule has 0 saturated carbocycles. The van der Waals surface area contributed by atoms with E-state index in [1.54, 1.807) is 18.7 Å². The summed E-state index contributed by atoms with van der Waals surface area (Å²) in [7, 11) is 1.76. The first kappa shape index (κ1) is 15.1. The molecule has 114 valence electrons. The van der Waals surface area contributed by atoms with Crippen molar-refractivity contribution in [1.82, 2.24) is 19.7 Å². The Bertz CT molecular complexity index is 666. The van der Waals surface area contributed by atoms with Gasteiger partial charge in [0.25, 0.3) is 0 Å². The van der Waals surface area contributed by atoms with Crippen LogP contribution in [0.3, 0.4) is 0 Å². The molecule has 0 radical (unpaired) electrons. The highest BCUT2D eigenvalue weighted by atomic mass is 19.4. The molecule has 0 aromatic carbocycles. The summed E-state index contributed by atoms with van der Waals surface area (Å²) in [5, 5.41) is 7.06. The molecule has 9 heteroatoms. The molecule has 0 spiro atoms. The molecule has 0 aliphatic carbocycles. The number of nitrogens with one attached hydrogen (secondary N) is 1. The van der Waals surface area contributed by atoms with E-state index in [0.29, 0.717) is 11.4 Å². The molecule has 2 rings (SSSR count). The van der Waals surface area contributed by atoms with Gasteiger partial charge in [0, 0.05) is 7.05 Å². The van der Waals surface area contributed by atoms with E-state index in [1.807, 2.05) is 6.92 Å². The van der Waals surface area contributed by atoms with Crippen molar-refractivity contribution in [2.45, 2.75) is 26.9 Å². The molecular weight excluding hydrogens is 285 g/mol. The molecule has 0 aliphatic rings. The quantitative estimate of drug-likeness (QED) is 0.890. The van der Waals surface area contributed by atoms with Gasteiger partial charge in [-0.2, -0.15) is 23.3 Å². The molecule has 0 saturated heterocycles. The minimum atomic E-state index is -4.58. The number of aryl methyl sites for hydroxylation is 3. The maximum Gasteiger partial charge on any atom is 0.421 e. The number of rotatable bonds is 2. The highest BCUT2D eigenvalue weighted by Crippen LogP contribution is 2.35. The van der Waals surface area contributed by atoms with Gasteiger partial charge in [0.05, 0.1) is 22.8 Å². The predicted molar refractivity (Wildman–Crippen MR) is 72.1 cm³/mol. The molecule has 0 atom stereocenters. The molecule has 2 aromatic heterocycles. The van der Waals surface area contributed by atoms with Gasteiger partial charge in [0.15, 0.2) is 0 Å². The predicted octanol–water partition coefficient (Wildman–Crippen LogP) is 2.48. The van der Waals surface area contributed by atoms with Crippen LogP contribution in [0.1, 0.15) is 22.6 Å². The number of nitrogen functional groups attached to an aromatic ring is 1. The third kappa shape index (κ3) is 2.76. The molecule has 0 fully saturated rings. The highest BCUT2D eigenvalue weighted by Gasteiger charge is 2.36. The summed E-state index contributed by atoms with van der Waals surface area (Å²) in [6.07, 6.45) is -4.58. The number of nitrogens with two attached hydrogens (primary N) is 1. The van der Waals surface area contributed by atoms with E-state index in [0.717, 1.165) is 5.69 Å². The zero-order valence-electron chi connectivity index (χ0n) is 12.0. The van der Waals surface area contributed by atoms with Crippen molar-refractivity contribution in [1.29, 1.82) is 0 Å². The van der Waals surface area contributed by atoms with Crippen LogP contribution in [0.5, 0.6) is 0 Å². The lowest BCUT2D eigenvalue weighted by Gasteiger charge is -2.13.